The van der Waals surface area contributed by atoms with Crippen LogP contribution in [0.3, 0.4) is 0 Å². The van der Waals surface area contributed by atoms with Crippen molar-refractivity contribution in [1.29, 1.82) is 0 Å². The van der Waals surface area contributed by atoms with Crippen LogP contribution in [0.5, 0.6) is 0 Å². The molecular formula is C11H19N. The van der Waals surface area contributed by atoms with E-state index in [1.807, 2.05) is 32.2 Å². The number of nitrogens with one attached hydrogen (secondary N) is 1. The zero-order chi connectivity index (χ0) is 9.40. The van der Waals surface area contributed by atoms with Crippen molar-refractivity contribution >= 4 is 0 Å². The van der Waals surface area contributed by atoms with Gasteiger partial charge in [0.05, 0.1) is 0 Å². The maximum absolute atomic E-state index is 3.79. The van der Waals surface area contributed by atoms with E-state index in [-0.39, 0.29) is 0 Å². The van der Waals surface area contributed by atoms with Crippen LogP contribution in [0.15, 0.2) is 36.5 Å². The molecule has 0 aromatic carbocycles. The van der Waals surface area contributed by atoms with Gasteiger partial charge in [0, 0.05) is 6.54 Å². The molecule has 0 heterocycles. The van der Waals surface area contributed by atoms with Crippen LogP contribution in [0.25, 0.3) is 0 Å². The van der Waals surface area contributed by atoms with Crippen LogP contribution in [0.2, 0.25) is 0 Å². The Kier molecular flexibility index (Phi) is 6.39. The summed E-state index contributed by atoms with van der Waals surface area (Å²) in [7, 11) is 1.97. The first-order valence-corrected chi connectivity index (χ1v) is 4.36. The van der Waals surface area contributed by atoms with E-state index in [9.17, 15) is 0 Å². The summed E-state index contributed by atoms with van der Waals surface area (Å²) in [5.41, 5.74) is 1.28. The lowest BCUT2D eigenvalue weighted by molar-refractivity contribution is 0.630. The quantitative estimate of drug-likeness (QED) is 0.617. The summed E-state index contributed by atoms with van der Waals surface area (Å²) < 4.78 is 0. The summed E-state index contributed by atoms with van der Waals surface area (Å²) in [6.45, 7) is 8.98. The molecule has 0 amide bonds. The summed E-state index contributed by atoms with van der Waals surface area (Å²) in [6, 6.07) is 0. The molecule has 0 aliphatic heterocycles. The smallest absolute Gasteiger partial charge is 0.00144 e. The van der Waals surface area contributed by atoms with Crippen LogP contribution in [0.4, 0.5) is 0 Å². The Hall–Kier alpha value is -0.820. The van der Waals surface area contributed by atoms with Crippen molar-refractivity contribution in [2.45, 2.75) is 13.8 Å². The van der Waals surface area contributed by atoms with Gasteiger partial charge in [-0.05, 0) is 25.5 Å². The minimum absolute atomic E-state index is 0.531. The Morgan fingerprint density at radius 1 is 1.58 bits per heavy atom. The lowest BCUT2D eigenvalue weighted by Gasteiger charge is -2.10. The van der Waals surface area contributed by atoms with Crippen molar-refractivity contribution in [3.05, 3.63) is 36.5 Å². The largest absolute Gasteiger partial charge is 0.319 e. The van der Waals surface area contributed by atoms with Gasteiger partial charge in [-0.3, -0.25) is 0 Å². The van der Waals surface area contributed by atoms with Gasteiger partial charge in [-0.15, -0.1) is 0 Å². The molecule has 0 spiro atoms. The van der Waals surface area contributed by atoms with Gasteiger partial charge in [-0.2, -0.15) is 0 Å². The van der Waals surface area contributed by atoms with Gasteiger partial charge in [-0.1, -0.05) is 37.8 Å². The summed E-state index contributed by atoms with van der Waals surface area (Å²) in [4.78, 5) is 0. The van der Waals surface area contributed by atoms with E-state index >= 15 is 0 Å². The van der Waals surface area contributed by atoms with E-state index in [0.29, 0.717) is 5.92 Å². The van der Waals surface area contributed by atoms with Crippen LogP contribution in [-0.2, 0) is 0 Å². The molecular weight excluding hydrogens is 146 g/mol. The zero-order valence-electron chi connectivity index (χ0n) is 8.30. The van der Waals surface area contributed by atoms with E-state index in [0.717, 1.165) is 6.54 Å². The fourth-order valence-corrected chi connectivity index (χ4v) is 1.06. The van der Waals surface area contributed by atoms with Crippen molar-refractivity contribution in [2.24, 2.45) is 5.92 Å². The highest BCUT2D eigenvalue weighted by Gasteiger charge is 2.01. The monoisotopic (exact) mass is 165 g/mol. The van der Waals surface area contributed by atoms with E-state index in [2.05, 4.69) is 24.9 Å². The van der Waals surface area contributed by atoms with Gasteiger partial charge < -0.3 is 5.32 Å². The van der Waals surface area contributed by atoms with Crippen molar-refractivity contribution < 1.29 is 0 Å². The third-order valence-electron chi connectivity index (χ3n) is 1.80. The normalized spacial score (nSPS) is 15.1. The Balaban J connectivity index is 4.22. The van der Waals surface area contributed by atoms with Gasteiger partial charge in [0.2, 0.25) is 0 Å². The second-order valence-corrected chi connectivity index (χ2v) is 2.86. The lowest BCUT2D eigenvalue weighted by Crippen LogP contribution is -2.17. The Morgan fingerprint density at radius 2 is 2.25 bits per heavy atom. The molecule has 0 saturated heterocycles. The molecule has 68 valence electrons. The van der Waals surface area contributed by atoms with Crippen LogP contribution in [0, 0.1) is 5.92 Å². The van der Waals surface area contributed by atoms with Gasteiger partial charge >= 0.3 is 0 Å². The first-order chi connectivity index (χ1) is 5.76. The summed E-state index contributed by atoms with van der Waals surface area (Å²) >= 11 is 0. The third-order valence-corrected chi connectivity index (χ3v) is 1.80. The maximum Gasteiger partial charge on any atom is 0.00144 e. The molecule has 0 fully saturated rings. The molecule has 0 aromatic heterocycles. The van der Waals surface area contributed by atoms with Gasteiger partial charge in [0.15, 0.2) is 0 Å². The Bertz CT molecular complexity index is 177. The van der Waals surface area contributed by atoms with Gasteiger partial charge in [0.1, 0.15) is 0 Å². The lowest BCUT2D eigenvalue weighted by atomic mass is 10.0. The predicted molar refractivity (Wildman–Crippen MR) is 56.2 cm³/mol. The average molecular weight is 165 g/mol. The van der Waals surface area contributed by atoms with Crippen molar-refractivity contribution in [2.75, 3.05) is 13.6 Å². The SMILES string of the molecule is C=C/C(=C\C=C/C)[C@H](C)CNC. The zero-order valence-corrected chi connectivity index (χ0v) is 8.30. The molecule has 1 atom stereocenters. The van der Waals surface area contributed by atoms with Crippen LogP contribution >= 0.6 is 0 Å². The number of allylic oxidation sites excluding steroid dienone is 4. The van der Waals surface area contributed by atoms with Crippen LogP contribution < -0.4 is 5.32 Å². The fourth-order valence-electron chi connectivity index (χ4n) is 1.06. The summed E-state index contributed by atoms with van der Waals surface area (Å²) in [5.74, 6) is 0.531. The highest BCUT2D eigenvalue weighted by atomic mass is 14.8. The van der Waals surface area contributed by atoms with E-state index in [4.69, 9.17) is 0 Å². The summed E-state index contributed by atoms with van der Waals surface area (Å²) in [6.07, 6.45) is 8.09. The van der Waals surface area contributed by atoms with Crippen LogP contribution in [0.1, 0.15) is 13.8 Å². The first kappa shape index (κ1) is 11.2. The van der Waals surface area contributed by atoms with Gasteiger partial charge in [0.25, 0.3) is 0 Å². The van der Waals surface area contributed by atoms with Gasteiger partial charge in [-0.25, -0.2) is 0 Å². The van der Waals surface area contributed by atoms with E-state index in [1.165, 1.54) is 5.57 Å². The molecule has 0 aromatic rings. The fraction of sp³-hybridized carbons (Fsp3) is 0.455. The number of rotatable bonds is 5. The van der Waals surface area contributed by atoms with Crippen molar-refractivity contribution in [1.82, 2.24) is 5.32 Å². The van der Waals surface area contributed by atoms with E-state index in [1.54, 1.807) is 0 Å². The molecule has 1 heteroatoms. The number of hydrogen-bond acceptors (Lipinski definition) is 1. The molecule has 0 radical (unpaired) electrons. The molecule has 1 nitrogen and oxygen atoms in total. The highest BCUT2D eigenvalue weighted by Crippen LogP contribution is 2.10. The molecule has 0 unspecified atom stereocenters. The second kappa shape index (κ2) is 6.86. The van der Waals surface area contributed by atoms with E-state index < -0.39 is 0 Å². The predicted octanol–water partition coefficient (Wildman–Crippen LogP) is 2.53. The highest BCUT2D eigenvalue weighted by molar-refractivity contribution is 5.24. The molecule has 0 bridgehead atoms. The standard InChI is InChI=1S/C11H19N/c1-5-7-8-11(6-2)10(3)9-12-4/h5-8,10,12H,2,9H2,1,3-4H3/b7-5-,11-8+/t10-/m1/s1. The second-order valence-electron chi connectivity index (χ2n) is 2.86. The molecule has 0 rings (SSSR count). The van der Waals surface area contributed by atoms with Crippen LogP contribution in [-0.4, -0.2) is 13.6 Å². The average Bonchev–Trinajstić information content (AvgIpc) is 2.06. The maximum atomic E-state index is 3.79. The third kappa shape index (κ3) is 4.14. The molecule has 1 N–H and O–H groups in total. The van der Waals surface area contributed by atoms with Crippen molar-refractivity contribution in [3.8, 4) is 0 Å². The Labute approximate surface area is 75.9 Å². The molecule has 0 aliphatic rings. The molecule has 12 heavy (non-hydrogen) atoms. The molecule has 0 saturated carbocycles. The minimum atomic E-state index is 0.531. The molecule has 0 aliphatic carbocycles. The minimum Gasteiger partial charge on any atom is -0.319 e. The number of hydrogen-bond donors (Lipinski definition) is 1. The topological polar surface area (TPSA) is 12.0 Å². The first-order valence-electron chi connectivity index (χ1n) is 4.36. The Morgan fingerprint density at radius 3 is 2.67 bits per heavy atom. The van der Waals surface area contributed by atoms with Crippen molar-refractivity contribution in [3.63, 3.8) is 0 Å². The summed E-state index contributed by atoms with van der Waals surface area (Å²) in [5, 5.41) is 3.15.